The summed E-state index contributed by atoms with van der Waals surface area (Å²) in [7, 11) is 0. The molecule has 34 heavy (non-hydrogen) atoms. The molecule has 2 saturated heterocycles. The fourth-order valence-corrected chi connectivity index (χ4v) is 5.14. The van der Waals surface area contributed by atoms with Crippen molar-refractivity contribution in [1.29, 1.82) is 0 Å². The highest BCUT2D eigenvalue weighted by atomic mass is 32.1. The molecular weight excluding hydrogens is 458 g/mol. The summed E-state index contributed by atoms with van der Waals surface area (Å²) in [6, 6.07) is 4.34. The van der Waals surface area contributed by atoms with Crippen molar-refractivity contribution in [2.24, 2.45) is 0 Å². The molecule has 0 unspecified atom stereocenters. The number of hydrogen-bond acceptors (Lipinski definition) is 7. The third-order valence-corrected chi connectivity index (χ3v) is 6.96. The highest BCUT2D eigenvalue weighted by Crippen LogP contribution is 2.31. The van der Waals surface area contributed by atoms with Gasteiger partial charge in [-0.15, -0.1) is 0 Å². The average Bonchev–Trinajstić information content (AvgIpc) is 2.82. The zero-order valence-corrected chi connectivity index (χ0v) is 19.8. The zero-order valence-electron chi connectivity index (χ0n) is 19.0. The average molecular weight is 486 g/mol. The van der Waals surface area contributed by atoms with Crippen molar-refractivity contribution in [2.75, 3.05) is 31.1 Å². The molecule has 1 saturated carbocycles. The van der Waals surface area contributed by atoms with Gasteiger partial charge in [-0.1, -0.05) is 19.3 Å². The maximum atomic E-state index is 13.4. The number of rotatable bonds is 4. The van der Waals surface area contributed by atoms with Gasteiger partial charge in [0.2, 0.25) is 5.91 Å². The summed E-state index contributed by atoms with van der Waals surface area (Å²) in [6.07, 6.45) is 6.15. The van der Waals surface area contributed by atoms with E-state index < -0.39 is 16.7 Å². The van der Waals surface area contributed by atoms with E-state index in [4.69, 9.17) is 12.2 Å². The molecule has 10 nitrogen and oxygen atoms in total. The van der Waals surface area contributed by atoms with Crippen molar-refractivity contribution >= 4 is 52.5 Å². The second-order valence-electron chi connectivity index (χ2n) is 8.78. The number of anilines is 1. The first-order valence-corrected chi connectivity index (χ1v) is 11.9. The monoisotopic (exact) mass is 485 g/mol. The van der Waals surface area contributed by atoms with Gasteiger partial charge >= 0.3 is 0 Å². The Bertz CT molecular complexity index is 1070. The molecule has 11 heteroatoms. The van der Waals surface area contributed by atoms with Gasteiger partial charge in [0.25, 0.3) is 17.5 Å². The molecule has 3 amide bonds. The Kier molecular flexibility index (Phi) is 6.92. The van der Waals surface area contributed by atoms with E-state index in [1.54, 1.807) is 11.0 Å². The highest BCUT2D eigenvalue weighted by molar-refractivity contribution is 7.80. The van der Waals surface area contributed by atoms with Crippen molar-refractivity contribution in [3.8, 4) is 0 Å². The minimum Gasteiger partial charge on any atom is -0.367 e. The standard InChI is InChI=1S/C23H27N5O5S/c1-15(29)25-9-11-26(12-10-25)20-8-7-18(28(32)33)13-16(20)14-19-21(30)24-23(34)27(22(19)31)17-5-3-2-4-6-17/h7-8,13-14,17H,2-6,9-12H2,1H3,(H,24,30,34)/b19-14-. The van der Waals surface area contributed by atoms with Crippen molar-refractivity contribution in [1.82, 2.24) is 15.1 Å². The third-order valence-electron chi connectivity index (χ3n) is 6.66. The second-order valence-corrected chi connectivity index (χ2v) is 9.16. The smallest absolute Gasteiger partial charge is 0.270 e. The Balaban J connectivity index is 1.69. The lowest BCUT2D eigenvalue weighted by molar-refractivity contribution is -0.384. The molecule has 180 valence electrons. The lowest BCUT2D eigenvalue weighted by Crippen LogP contribution is -2.57. The van der Waals surface area contributed by atoms with Crippen LogP contribution >= 0.6 is 12.2 Å². The topological polar surface area (TPSA) is 116 Å². The minimum absolute atomic E-state index is 0.00561. The van der Waals surface area contributed by atoms with Gasteiger partial charge in [-0.3, -0.25) is 34.7 Å². The van der Waals surface area contributed by atoms with E-state index in [9.17, 15) is 24.5 Å². The summed E-state index contributed by atoms with van der Waals surface area (Å²) in [5.41, 5.74) is 0.837. The van der Waals surface area contributed by atoms with E-state index in [0.29, 0.717) is 37.4 Å². The summed E-state index contributed by atoms with van der Waals surface area (Å²) in [6.45, 7) is 3.63. The van der Waals surface area contributed by atoms with E-state index in [1.807, 2.05) is 4.90 Å². The van der Waals surface area contributed by atoms with Crippen molar-refractivity contribution in [2.45, 2.75) is 45.1 Å². The Hall–Kier alpha value is -3.34. The van der Waals surface area contributed by atoms with Gasteiger partial charge in [0, 0.05) is 62.5 Å². The molecule has 2 heterocycles. The summed E-state index contributed by atoms with van der Waals surface area (Å²) in [5.74, 6) is -1.09. The van der Waals surface area contributed by atoms with Crippen LogP contribution < -0.4 is 10.2 Å². The highest BCUT2D eigenvalue weighted by Gasteiger charge is 2.38. The largest absolute Gasteiger partial charge is 0.367 e. The Morgan fingerprint density at radius 2 is 1.82 bits per heavy atom. The fraction of sp³-hybridized carbons (Fsp3) is 0.478. The Labute approximate surface area is 202 Å². The second kappa shape index (κ2) is 9.88. The lowest BCUT2D eigenvalue weighted by atomic mass is 9.93. The SMILES string of the molecule is CC(=O)N1CCN(c2ccc([N+](=O)[O-])cc2/C=C2/C(=O)NC(=S)N(C3CCCCC3)C2=O)CC1. The number of carbonyl (C=O) groups excluding carboxylic acids is 3. The number of nitro benzene ring substituents is 1. The number of nitro groups is 1. The maximum Gasteiger partial charge on any atom is 0.270 e. The van der Waals surface area contributed by atoms with Crippen LogP contribution in [-0.2, 0) is 14.4 Å². The van der Waals surface area contributed by atoms with Crippen molar-refractivity contribution in [3.05, 3.63) is 39.4 Å². The van der Waals surface area contributed by atoms with Gasteiger partial charge in [-0.2, -0.15) is 0 Å². The molecule has 1 aliphatic carbocycles. The molecule has 3 fully saturated rings. The lowest BCUT2D eigenvalue weighted by Gasteiger charge is -2.38. The molecule has 1 aromatic carbocycles. The van der Waals surface area contributed by atoms with Gasteiger partial charge in [0.1, 0.15) is 5.57 Å². The predicted octanol–water partition coefficient (Wildman–Crippen LogP) is 2.22. The predicted molar refractivity (Wildman–Crippen MR) is 130 cm³/mol. The van der Waals surface area contributed by atoms with Crippen LogP contribution in [0, 0.1) is 10.1 Å². The molecule has 0 atom stereocenters. The van der Waals surface area contributed by atoms with E-state index >= 15 is 0 Å². The molecule has 0 radical (unpaired) electrons. The molecule has 0 aromatic heterocycles. The quantitative estimate of drug-likeness (QED) is 0.229. The first-order valence-electron chi connectivity index (χ1n) is 11.5. The number of nitrogens with one attached hydrogen (secondary N) is 1. The van der Waals surface area contributed by atoms with E-state index in [-0.39, 0.29) is 28.3 Å². The third kappa shape index (κ3) is 4.79. The maximum absolute atomic E-state index is 13.4. The number of amides is 3. The van der Waals surface area contributed by atoms with Gasteiger partial charge in [-0.05, 0) is 37.2 Å². The minimum atomic E-state index is -0.610. The Morgan fingerprint density at radius 1 is 1.15 bits per heavy atom. The summed E-state index contributed by atoms with van der Waals surface area (Å²) in [5, 5.41) is 14.2. The first-order chi connectivity index (χ1) is 16.3. The van der Waals surface area contributed by atoms with Crippen LogP contribution in [0.3, 0.4) is 0 Å². The zero-order chi connectivity index (χ0) is 24.4. The molecule has 4 rings (SSSR count). The van der Waals surface area contributed by atoms with Crippen LogP contribution in [0.15, 0.2) is 23.8 Å². The fourth-order valence-electron chi connectivity index (χ4n) is 4.82. The number of carbonyl (C=O) groups is 3. The van der Waals surface area contributed by atoms with Gasteiger partial charge < -0.3 is 9.80 Å². The molecule has 1 N–H and O–H groups in total. The number of hydrogen-bond donors (Lipinski definition) is 1. The van der Waals surface area contributed by atoms with Crippen molar-refractivity contribution < 1.29 is 19.3 Å². The number of piperazine rings is 1. The molecule has 0 bridgehead atoms. The molecular formula is C23H27N5O5S. The molecule has 3 aliphatic rings. The normalized spacial score (nSPS) is 21.1. The van der Waals surface area contributed by atoms with Crippen LogP contribution in [0.5, 0.6) is 0 Å². The van der Waals surface area contributed by atoms with Crippen LogP contribution in [0.2, 0.25) is 0 Å². The number of benzene rings is 1. The van der Waals surface area contributed by atoms with E-state index in [1.165, 1.54) is 30.0 Å². The Morgan fingerprint density at radius 3 is 2.44 bits per heavy atom. The number of non-ortho nitro benzene ring substituents is 1. The number of nitrogens with zero attached hydrogens (tertiary/aromatic N) is 4. The number of thiocarbonyl (C=S) groups is 1. The van der Waals surface area contributed by atoms with Crippen LogP contribution in [-0.4, -0.2) is 69.8 Å². The summed E-state index contributed by atoms with van der Waals surface area (Å²) in [4.78, 5) is 54.0. The van der Waals surface area contributed by atoms with E-state index in [0.717, 1.165) is 32.1 Å². The van der Waals surface area contributed by atoms with Crippen LogP contribution in [0.1, 0.15) is 44.6 Å². The van der Waals surface area contributed by atoms with Crippen molar-refractivity contribution in [3.63, 3.8) is 0 Å². The van der Waals surface area contributed by atoms with Gasteiger partial charge in [0.05, 0.1) is 4.92 Å². The summed E-state index contributed by atoms with van der Waals surface area (Å²) >= 11 is 5.31. The van der Waals surface area contributed by atoms with Gasteiger partial charge in [0.15, 0.2) is 5.11 Å². The molecule has 2 aliphatic heterocycles. The van der Waals surface area contributed by atoms with Crippen LogP contribution in [0.25, 0.3) is 6.08 Å². The molecule has 0 spiro atoms. The van der Waals surface area contributed by atoms with E-state index in [2.05, 4.69) is 5.32 Å². The molecule has 1 aromatic rings. The van der Waals surface area contributed by atoms with Crippen LogP contribution in [0.4, 0.5) is 11.4 Å². The summed E-state index contributed by atoms with van der Waals surface area (Å²) < 4.78 is 0. The van der Waals surface area contributed by atoms with Gasteiger partial charge in [-0.25, -0.2) is 0 Å². The first kappa shape index (κ1) is 23.8.